The number of hydrogen-bond acceptors (Lipinski definition) is 3. The molecule has 0 spiro atoms. The van der Waals surface area contributed by atoms with Crippen molar-refractivity contribution in [3.8, 4) is 5.75 Å². The number of amides is 1. The summed E-state index contributed by atoms with van der Waals surface area (Å²) in [5.74, 6) is 0.498. The highest BCUT2D eigenvalue weighted by molar-refractivity contribution is 5.91. The molecular weight excluding hydrogens is 336 g/mol. The molecule has 1 amide bonds. The molecule has 3 aromatic carbocycles. The third-order valence-corrected chi connectivity index (χ3v) is 4.33. The summed E-state index contributed by atoms with van der Waals surface area (Å²) in [6.07, 6.45) is 0. The van der Waals surface area contributed by atoms with Gasteiger partial charge in [-0.15, -0.1) is 0 Å². The van der Waals surface area contributed by atoms with Crippen molar-refractivity contribution in [3.05, 3.63) is 89.5 Å². The first-order chi connectivity index (χ1) is 13.1. The minimum absolute atomic E-state index is 0.0249. The van der Waals surface area contributed by atoms with Gasteiger partial charge in [-0.05, 0) is 66.9 Å². The van der Waals surface area contributed by atoms with Gasteiger partial charge in [0.15, 0.2) is 6.61 Å². The standard InChI is InChI=1S/C23H24N2O2/c1-17-11-12-21(13-18(17)2)24-15-19-7-6-10-22(14-19)27-16-23(26)25-20-8-4-3-5-9-20/h3-14,24H,15-16H2,1-2H3,(H,25,26). The summed E-state index contributed by atoms with van der Waals surface area (Å²) < 4.78 is 5.63. The first kappa shape index (κ1) is 18.5. The Bertz CT molecular complexity index is 907. The van der Waals surface area contributed by atoms with E-state index in [1.165, 1.54) is 11.1 Å². The zero-order valence-corrected chi connectivity index (χ0v) is 15.7. The summed E-state index contributed by atoms with van der Waals surface area (Å²) in [5, 5.41) is 6.23. The molecule has 27 heavy (non-hydrogen) atoms. The second-order valence-electron chi connectivity index (χ2n) is 6.50. The van der Waals surface area contributed by atoms with Crippen LogP contribution >= 0.6 is 0 Å². The number of ether oxygens (including phenoxy) is 1. The van der Waals surface area contributed by atoms with Crippen molar-refractivity contribution in [1.82, 2.24) is 0 Å². The van der Waals surface area contributed by atoms with Gasteiger partial charge in [0.05, 0.1) is 0 Å². The Balaban J connectivity index is 1.52. The summed E-state index contributed by atoms with van der Waals surface area (Å²) in [6, 6.07) is 23.5. The second-order valence-corrected chi connectivity index (χ2v) is 6.50. The van der Waals surface area contributed by atoms with Gasteiger partial charge in [0, 0.05) is 17.9 Å². The zero-order chi connectivity index (χ0) is 19.1. The second kappa shape index (κ2) is 8.90. The first-order valence-corrected chi connectivity index (χ1v) is 8.98. The van der Waals surface area contributed by atoms with Crippen molar-refractivity contribution in [1.29, 1.82) is 0 Å². The van der Waals surface area contributed by atoms with Crippen molar-refractivity contribution in [2.45, 2.75) is 20.4 Å². The van der Waals surface area contributed by atoms with Crippen LogP contribution in [0.25, 0.3) is 0 Å². The van der Waals surface area contributed by atoms with Crippen molar-refractivity contribution < 1.29 is 9.53 Å². The van der Waals surface area contributed by atoms with Crippen LogP contribution in [0.3, 0.4) is 0 Å². The van der Waals surface area contributed by atoms with E-state index in [0.717, 1.165) is 16.9 Å². The minimum atomic E-state index is -0.181. The lowest BCUT2D eigenvalue weighted by Crippen LogP contribution is -2.20. The van der Waals surface area contributed by atoms with E-state index < -0.39 is 0 Å². The van der Waals surface area contributed by atoms with Gasteiger partial charge in [-0.2, -0.15) is 0 Å². The Morgan fingerprint density at radius 3 is 2.44 bits per heavy atom. The third-order valence-electron chi connectivity index (χ3n) is 4.33. The van der Waals surface area contributed by atoms with Crippen LogP contribution in [-0.4, -0.2) is 12.5 Å². The largest absolute Gasteiger partial charge is 0.484 e. The monoisotopic (exact) mass is 360 g/mol. The number of carbonyl (C=O) groups is 1. The van der Waals surface area contributed by atoms with Crippen LogP contribution in [0.2, 0.25) is 0 Å². The van der Waals surface area contributed by atoms with E-state index in [1.54, 1.807) is 0 Å². The topological polar surface area (TPSA) is 50.4 Å². The zero-order valence-electron chi connectivity index (χ0n) is 15.7. The first-order valence-electron chi connectivity index (χ1n) is 8.98. The molecule has 0 aliphatic rings. The average Bonchev–Trinajstić information content (AvgIpc) is 2.68. The maximum absolute atomic E-state index is 12.0. The number of anilines is 2. The van der Waals surface area contributed by atoms with E-state index in [2.05, 4.69) is 42.7 Å². The van der Waals surface area contributed by atoms with Crippen LogP contribution in [0, 0.1) is 13.8 Å². The van der Waals surface area contributed by atoms with Crippen molar-refractivity contribution >= 4 is 17.3 Å². The molecule has 3 rings (SSSR count). The number of para-hydroxylation sites is 1. The van der Waals surface area contributed by atoms with Crippen LogP contribution in [0.5, 0.6) is 5.75 Å². The van der Waals surface area contributed by atoms with E-state index in [9.17, 15) is 4.79 Å². The molecule has 4 nitrogen and oxygen atoms in total. The van der Waals surface area contributed by atoms with E-state index in [1.807, 2.05) is 54.6 Å². The molecule has 0 bridgehead atoms. The summed E-state index contributed by atoms with van der Waals surface area (Å²) >= 11 is 0. The van der Waals surface area contributed by atoms with Gasteiger partial charge in [0.25, 0.3) is 5.91 Å². The molecule has 0 atom stereocenters. The quantitative estimate of drug-likeness (QED) is 0.628. The van der Waals surface area contributed by atoms with Gasteiger partial charge >= 0.3 is 0 Å². The molecule has 0 fully saturated rings. The molecule has 0 saturated carbocycles. The van der Waals surface area contributed by atoms with E-state index in [-0.39, 0.29) is 12.5 Å². The summed E-state index contributed by atoms with van der Waals surface area (Å²) in [5.41, 5.74) is 5.49. The summed E-state index contributed by atoms with van der Waals surface area (Å²) in [6.45, 7) is 4.88. The molecule has 0 aromatic heterocycles. The molecule has 0 aliphatic heterocycles. The maximum Gasteiger partial charge on any atom is 0.262 e. The molecule has 2 N–H and O–H groups in total. The fraction of sp³-hybridized carbons (Fsp3) is 0.174. The number of rotatable bonds is 7. The highest BCUT2D eigenvalue weighted by Gasteiger charge is 2.04. The predicted octanol–water partition coefficient (Wildman–Crippen LogP) is 4.93. The third kappa shape index (κ3) is 5.61. The van der Waals surface area contributed by atoms with E-state index >= 15 is 0 Å². The number of hydrogen-bond donors (Lipinski definition) is 2. The molecule has 0 radical (unpaired) electrons. The van der Waals surface area contributed by atoms with Crippen LogP contribution in [-0.2, 0) is 11.3 Å². The summed E-state index contributed by atoms with van der Waals surface area (Å²) in [4.78, 5) is 12.0. The predicted molar refractivity (Wildman–Crippen MR) is 110 cm³/mol. The van der Waals surface area contributed by atoms with Crippen molar-refractivity contribution in [3.63, 3.8) is 0 Å². The lowest BCUT2D eigenvalue weighted by molar-refractivity contribution is -0.118. The van der Waals surface area contributed by atoms with E-state index in [0.29, 0.717) is 12.3 Å². The molecule has 3 aromatic rings. The minimum Gasteiger partial charge on any atom is -0.484 e. The number of carbonyl (C=O) groups excluding carboxylic acids is 1. The normalized spacial score (nSPS) is 10.3. The summed E-state index contributed by atoms with van der Waals surface area (Å²) in [7, 11) is 0. The molecular formula is C23H24N2O2. The van der Waals surface area contributed by atoms with Gasteiger partial charge in [-0.25, -0.2) is 0 Å². The molecule has 0 heterocycles. The van der Waals surface area contributed by atoms with Gasteiger partial charge < -0.3 is 15.4 Å². The Morgan fingerprint density at radius 2 is 1.67 bits per heavy atom. The van der Waals surface area contributed by atoms with Crippen molar-refractivity contribution in [2.24, 2.45) is 0 Å². The number of aryl methyl sites for hydroxylation is 2. The van der Waals surface area contributed by atoms with Gasteiger partial charge in [-0.1, -0.05) is 36.4 Å². The molecule has 138 valence electrons. The van der Waals surface area contributed by atoms with Crippen LogP contribution in [0.15, 0.2) is 72.8 Å². The average molecular weight is 360 g/mol. The molecule has 0 unspecified atom stereocenters. The molecule has 4 heteroatoms. The maximum atomic E-state index is 12.0. The Hall–Kier alpha value is -3.27. The SMILES string of the molecule is Cc1ccc(NCc2cccc(OCC(=O)Nc3ccccc3)c2)cc1C. The van der Waals surface area contributed by atoms with Gasteiger partial charge in [0.1, 0.15) is 5.75 Å². The van der Waals surface area contributed by atoms with E-state index in [4.69, 9.17) is 4.74 Å². The van der Waals surface area contributed by atoms with Crippen LogP contribution < -0.4 is 15.4 Å². The number of nitrogens with one attached hydrogen (secondary N) is 2. The molecule has 0 saturated heterocycles. The Labute approximate surface area is 160 Å². The highest BCUT2D eigenvalue weighted by Crippen LogP contribution is 2.17. The van der Waals surface area contributed by atoms with Crippen LogP contribution in [0.1, 0.15) is 16.7 Å². The van der Waals surface area contributed by atoms with Gasteiger partial charge in [-0.3, -0.25) is 4.79 Å². The van der Waals surface area contributed by atoms with Crippen molar-refractivity contribution in [2.75, 3.05) is 17.2 Å². The Morgan fingerprint density at radius 1 is 0.852 bits per heavy atom. The molecule has 0 aliphatic carbocycles. The van der Waals surface area contributed by atoms with Gasteiger partial charge in [0.2, 0.25) is 0 Å². The smallest absolute Gasteiger partial charge is 0.262 e. The Kier molecular flexibility index (Phi) is 6.10. The fourth-order valence-electron chi connectivity index (χ4n) is 2.67. The lowest BCUT2D eigenvalue weighted by Gasteiger charge is -2.11. The number of benzene rings is 3. The lowest BCUT2D eigenvalue weighted by atomic mass is 10.1. The highest BCUT2D eigenvalue weighted by atomic mass is 16.5. The van der Waals surface area contributed by atoms with Crippen LogP contribution in [0.4, 0.5) is 11.4 Å². The fourth-order valence-corrected chi connectivity index (χ4v) is 2.67.